The number of hydrogen-bond donors (Lipinski definition) is 4. The van der Waals surface area contributed by atoms with Crippen LogP contribution in [0.25, 0.3) is 10.8 Å². The molecule has 16 nitrogen and oxygen atoms in total. The molecule has 16 heteroatoms. The standard InChI is InChI=1S/3C20H32O2.C15H24O2.C12H10.C10H12O3.C8H16O2.3C8H10O/c1-5-16-10-9-13-18(14-16)22-19(15-20(2,3)4)21-17-11-7-6-8-12-17;2*1-5-16-11-13-18(14-12-16)22-19(15-20(2,3)4)21-17-9-7-6-8-10-17;1-6-12-7-9-13(10-8-12)17-14(16-5)11-15(2,3)4;1-3-9-4-2-6-11-8-7-10(5-1)12(9)11;1-7(2)10(12)13-9-5-3-8(11)4-6-9;1-6(2)7(9)10-8(3,4)5;2*1-2-7-3-5-8(9)6-4-7;1-2-7-4-3-5-8(9)6-7/h9-10,13-14,17,19H,5-8,11-12,15H2,1-4H3;2*11-14,17,19H,5-10,15H2,1-4H3;7-10,14H,6,11H2,1-5H3;1-6H,7-8H2;3-7,11H,1-2H3;6H,1-5H3;3*3-6,9H,2H2,1H3. The van der Waals surface area contributed by atoms with Crippen LogP contribution in [0.15, 0.2) is 231 Å². The van der Waals surface area contributed by atoms with Crippen molar-refractivity contribution >= 4 is 22.7 Å². The number of rotatable bonds is 29. The molecule has 4 unspecified atom stereocenters. The molecule has 4 atom stereocenters. The van der Waals surface area contributed by atoms with E-state index in [9.17, 15) is 9.59 Å². The highest BCUT2D eigenvalue weighted by molar-refractivity contribution is 5.90. The molecule has 0 aliphatic heterocycles. The molecule has 0 amide bonds. The Labute approximate surface area is 876 Å². The van der Waals surface area contributed by atoms with Crippen LogP contribution in [0.3, 0.4) is 0 Å². The van der Waals surface area contributed by atoms with E-state index in [2.05, 4.69) is 247 Å². The van der Waals surface area contributed by atoms with Gasteiger partial charge < -0.3 is 67.8 Å². The summed E-state index contributed by atoms with van der Waals surface area (Å²) >= 11 is 0. The van der Waals surface area contributed by atoms with Gasteiger partial charge in [0.15, 0.2) is 6.29 Å². The summed E-state index contributed by atoms with van der Waals surface area (Å²) in [6.07, 6.45) is 32.7. The van der Waals surface area contributed by atoms with Gasteiger partial charge in [-0.15, -0.1) is 0 Å². The molecule has 145 heavy (non-hydrogen) atoms. The van der Waals surface area contributed by atoms with Gasteiger partial charge in [0.25, 0.3) is 0 Å². The number of methoxy groups -OCH3 is 1. The Hall–Kier alpha value is -10.4. The number of benzene rings is 10. The van der Waals surface area contributed by atoms with Crippen LogP contribution < -0.4 is 23.7 Å². The van der Waals surface area contributed by atoms with Crippen molar-refractivity contribution in [3.63, 3.8) is 0 Å². The topological polar surface area (TPSA) is 207 Å². The zero-order chi connectivity index (χ0) is 107. The molecule has 0 heterocycles. The highest BCUT2D eigenvalue weighted by atomic mass is 16.7. The second kappa shape index (κ2) is 66.1. The van der Waals surface area contributed by atoms with Crippen LogP contribution in [0.5, 0.6) is 51.7 Å². The van der Waals surface area contributed by atoms with Gasteiger partial charge in [0, 0.05) is 32.8 Å². The summed E-state index contributed by atoms with van der Waals surface area (Å²) in [7, 11) is 1.69. The maximum absolute atomic E-state index is 11.1. The van der Waals surface area contributed by atoms with Gasteiger partial charge in [0.2, 0.25) is 18.9 Å². The lowest BCUT2D eigenvalue weighted by molar-refractivity contribution is -0.158. The molecular weight excluding hydrogens is 1810 g/mol. The molecule has 3 saturated carbocycles. The second-order valence-electron chi connectivity index (χ2n) is 44.9. The van der Waals surface area contributed by atoms with Gasteiger partial charge in [-0.25, -0.2) is 0 Å². The van der Waals surface area contributed by atoms with Crippen LogP contribution in [0.2, 0.25) is 0 Å². The Bertz CT molecular complexity index is 4940. The monoisotopic (exact) mass is 1990 g/mol. The molecule has 10 aromatic rings. The number of aromatic hydroxyl groups is 4. The number of phenolic OH excluding ortho intramolecular Hbond substituents is 4. The molecule has 4 aliphatic rings. The van der Waals surface area contributed by atoms with Crippen molar-refractivity contribution in [3.8, 4) is 51.7 Å². The van der Waals surface area contributed by atoms with Crippen LogP contribution >= 0.6 is 0 Å². The van der Waals surface area contributed by atoms with E-state index in [1.54, 1.807) is 69.5 Å². The number of carbonyl (C=O) groups is 2. The van der Waals surface area contributed by atoms with E-state index in [1.807, 2.05) is 89.2 Å². The fraction of sp³-hybridized carbons (Fsp3) is 0.535. The minimum absolute atomic E-state index is 0.0285. The molecule has 14 rings (SSSR count). The lowest BCUT2D eigenvalue weighted by Gasteiger charge is -2.31. The smallest absolute Gasteiger partial charge is 0.313 e. The zero-order valence-corrected chi connectivity index (χ0v) is 94.1. The lowest BCUT2D eigenvalue weighted by atomic mass is 9.91. The van der Waals surface area contributed by atoms with Crippen LogP contribution in [-0.4, -0.2) is 88.5 Å². The first-order chi connectivity index (χ1) is 68.7. The van der Waals surface area contributed by atoms with Crippen molar-refractivity contribution in [2.24, 2.45) is 33.5 Å². The third-order valence-corrected chi connectivity index (χ3v) is 24.6. The van der Waals surface area contributed by atoms with Gasteiger partial charge in [0.1, 0.15) is 57.3 Å². The summed E-state index contributed by atoms with van der Waals surface area (Å²) in [6, 6.07) is 74.6. The molecule has 0 spiro atoms. The van der Waals surface area contributed by atoms with Crippen LogP contribution in [0, 0.1) is 33.5 Å². The van der Waals surface area contributed by atoms with E-state index >= 15 is 0 Å². The maximum Gasteiger partial charge on any atom is 0.313 e. The molecular formula is C129H188O16. The number of ether oxygens (including phenoxy) is 10. The molecule has 4 aliphatic carbocycles. The number of aryl methyl sites for hydroxylation is 9. The average molecular weight is 1990 g/mol. The van der Waals surface area contributed by atoms with E-state index < -0.39 is 0 Å². The second-order valence-corrected chi connectivity index (χ2v) is 44.9. The van der Waals surface area contributed by atoms with Gasteiger partial charge >= 0.3 is 11.9 Å². The van der Waals surface area contributed by atoms with Gasteiger partial charge in [-0.1, -0.05) is 338 Å². The third-order valence-electron chi connectivity index (χ3n) is 24.6. The van der Waals surface area contributed by atoms with Crippen molar-refractivity contribution in [2.75, 3.05) is 7.11 Å². The Morgan fingerprint density at radius 2 is 0.572 bits per heavy atom. The first kappa shape index (κ1) is 125. The Morgan fingerprint density at radius 3 is 0.855 bits per heavy atom. The number of esters is 2. The van der Waals surface area contributed by atoms with Crippen molar-refractivity contribution in [2.45, 2.75) is 409 Å². The molecule has 10 aromatic carbocycles. The Balaban J connectivity index is 0.000000289. The normalized spacial score (nSPS) is 14.5. The minimum Gasteiger partial charge on any atom is -0.508 e. The van der Waals surface area contributed by atoms with Crippen molar-refractivity contribution in [1.29, 1.82) is 0 Å². The predicted octanol–water partition coefficient (Wildman–Crippen LogP) is 34.0. The quantitative estimate of drug-likeness (QED) is 0.0195. The fourth-order valence-corrected chi connectivity index (χ4v) is 16.2. The molecule has 3 fully saturated rings. The highest BCUT2D eigenvalue weighted by Crippen LogP contribution is 2.36. The van der Waals surface area contributed by atoms with Crippen LogP contribution in [0.4, 0.5) is 0 Å². The van der Waals surface area contributed by atoms with Crippen LogP contribution in [-0.2, 0) is 91.1 Å². The number of phenols is 4. The van der Waals surface area contributed by atoms with Crippen molar-refractivity contribution < 1.29 is 77.4 Å². The third kappa shape index (κ3) is 55.8. The highest BCUT2D eigenvalue weighted by Gasteiger charge is 2.30. The minimum atomic E-state index is -0.346. The van der Waals surface area contributed by atoms with Crippen LogP contribution in [0.1, 0.15) is 352 Å². The van der Waals surface area contributed by atoms with E-state index in [4.69, 9.17) is 67.8 Å². The average Bonchev–Trinajstić information content (AvgIpc) is 1.65. The molecule has 0 bridgehead atoms. The summed E-state index contributed by atoms with van der Waals surface area (Å²) in [5.41, 5.74) is 12.5. The summed E-state index contributed by atoms with van der Waals surface area (Å²) in [6.45, 7) is 54.4. The van der Waals surface area contributed by atoms with Crippen molar-refractivity contribution in [1.82, 2.24) is 0 Å². The Kier molecular flexibility index (Phi) is 57.0. The lowest BCUT2D eigenvalue weighted by Crippen LogP contribution is -2.32. The fourth-order valence-electron chi connectivity index (χ4n) is 16.2. The molecule has 4 N–H and O–H groups in total. The summed E-state index contributed by atoms with van der Waals surface area (Å²) < 4.78 is 58.7. The van der Waals surface area contributed by atoms with Crippen molar-refractivity contribution in [3.05, 3.63) is 281 Å². The van der Waals surface area contributed by atoms with Gasteiger partial charge in [0.05, 0.1) is 30.1 Å². The number of hydrogen-bond acceptors (Lipinski definition) is 16. The summed E-state index contributed by atoms with van der Waals surface area (Å²) in [5, 5.41) is 38.5. The number of carbonyl (C=O) groups excluding carboxylic acids is 2. The maximum atomic E-state index is 11.1. The van der Waals surface area contributed by atoms with E-state index in [1.165, 1.54) is 182 Å². The molecule has 0 aromatic heterocycles. The molecule has 800 valence electrons. The van der Waals surface area contributed by atoms with Gasteiger partial charge in [-0.3, -0.25) is 9.59 Å². The Morgan fingerprint density at radius 1 is 0.297 bits per heavy atom. The summed E-state index contributed by atoms with van der Waals surface area (Å²) in [4.78, 5) is 22.0. The SMILES string of the molecule is CC(C)C(=O)OC(C)(C)C.CC(C)C(=O)Oc1ccc(O)cc1.CCc1ccc(O)cc1.CCc1ccc(O)cc1.CCc1ccc(OC(CC(C)(C)C)OC)cc1.CCc1ccc(OC(CC(C)(C)C)OC2CCCCC2)cc1.CCc1ccc(OC(CC(C)(C)C)OC2CCCCC2)cc1.CCc1cccc(O)c1.CCc1cccc(OC(CC(C)(C)C)OC2CCCCC2)c1.c1cc2c3c(cccc3c1)CC2. The molecule has 0 saturated heterocycles. The zero-order valence-electron chi connectivity index (χ0n) is 94.1. The van der Waals surface area contributed by atoms with E-state index in [0.717, 1.165) is 93.6 Å². The van der Waals surface area contributed by atoms with E-state index in [0.29, 0.717) is 41.3 Å². The predicted molar refractivity (Wildman–Crippen MR) is 601 cm³/mol. The molecule has 0 radical (unpaired) electrons. The van der Waals surface area contributed by atoms with Gasteiger partial charge in [-0.05, 0) is 309 Å². The summed E-state index contributed by atoms with van der Waals surface area (Å²) in [5.74, 6) is 4.72. The largest absolute Gasteiger partial charge is 0.508 e. The first-order valence-electron chi connectivity index (χ1n) is 54.3. The van der Waals surface area contributed by atoms with Gasteiger partial charge in [-0.2, -0.15) is 0 Å². The first-order valence-corrected chi connectivity index (χ1v) is 54.3. The van der Waals surface area contributed by atoms with E-state index in [-0.39, 0.29) is 81.9 Å².